The molecule has 2 saturated carbocycles. The van der Waals surface area contributed by atoms with E-state index in [-0.39, 0.29) is 11.4 Å². The lowest BCUT2D eigenvalue weighted by atomic mass is 9.72. The summed E-state index contributed by atoms with van der Waals surface area (Å²) in [4.78, 5) is 12.4. The summed E-state index contributed by atoms with van der Waals surface area (Å²) in [7, 11) is 0. The average molecular weight is 343 g/mol. The fourth-order valence-electron chi connectivity index (χ4n) is 3.22. The highest BCUT2D eigenvalue weighted by Crippen LogP contribution is 2.41. The van der Waals surface area contributed by atoms with Gasteiger partial charge in [-0.3, -0.25) is 4.79 Å². The largest absolute Gasteiger partial charge is 0.346 e. The quantitative estimate of drug-likeness (QED) is 0.836. The highest BCUT2D eigenvalue weighted by atomic mass is 32.2. The number of thioether (sulfide) groups is 1. The SMILES string of the molecule is O=C(CSCc1nnnn1C1CC1)NC1(c2ccccc2)CCC1. The molecule has 1 aromatic heterocycles. The van der Waals surface area contributed by atoms with Gasteiger partial charge >= 0.3 is 0 Å². The Morgan fingerprint density at radius 2 is 2.08 bits per heavy atom. The number of aromatic nitrogens is 4. The Hall–Kier alpha value is -1.89. The van der Waals surface area contributed by atoms with E-state index in [1.165, 1.54) is 12.0 Å². The van der Waals surface area contributed by atoms with Crippen LogP contribution in [0.25, 0.3) is 0 Å². The monoisotopic (exact) mass is 343 g/mol. The lowest BCUT2D eigenvalue weighted by molar-refractivity contribution is -0.121. The van der Waals surface area contributed by atoms with Crippen molar-refractivity contribution in [3.63, 3.8) is 0 Å². The molecule has 4 rings (SSSR count). The van der Waals surface area contributed by atoms with Gasteiger partial charge in [-0.1, -0.05) is 30.3 Å². The van der Waals surface area contributed by atoms with Crippen LogP contribution in [-0.2, 0) is 16.1 Å². The Bertz CT molecular complexity index is 709. The van der Waals surface area contributed by atoms with Gasteiger partial charge in [-0.2, -0.15) is 0 Å². The minimum atomic E-state index is -0.158. The smallest absolute Gasteiger partial charge is 0.230 e. The number of hydrogen-bond acceptors (Lipinski definition) is 5. The van der Waals surface area contributed by atoms with Gasteiger partial charge in [0.05, 0.1) is 23.1 Å². The fourth-order valence-corrected chi connectivity index (χ4v) is 3.95. The van der Waals surface area contributed by atoms with Gasteiger partial charge in [-0.05, 0) is 48.1 Å². The van der Waals surface area contributed by atoms with Crippen LogP contribution >= 0.6 is 11.8 Å². The maximum atomic E-state index is 12.4. The molecule has 0 atom stereocenters. The molecule has 2 aliphatic carbocycles. The van der Waals surface area contributed by atoms with Crippen molar-refractivity contribution in [3.8, 4) is 0 Å². The standard InChI is InChI=1S/C17H21N5OS/c23-16(12-24-11-15-19-20-21-22(15)14-7-8-14)18-17(9-4-10-17)13-5-2-1-3-6-13/h1-3,5-6,14H,4,7-12H2,(H,18,23). The summed E-state index contributed by atoms with van der Waals surface area (Å²) in [5.74, 6) is 2.08. The van der Waals surface area contributed by atoms with Gasteiger partial charge in [-0.15, -0.1) is 16.9 Å². The molecule has 24 heavy (non-hydrogen) atoms. The normalized spacial score (nSPS) is 18.8. The average Bonchev–Trinajstić information content (AvgIpc) is 3.31. The van der Waals surface area contributed by atoms with Crippen molar-refractivity contribution >= 4 is 17.7 Å². The molecule has 0 aliphatic heterocycles. The van der Waals surface area contributed by atoms with Crippen molar-refractivity contribution in [2.24, 2.45) is 0 Å². The molecule has 0 radical (unpaired) electrons. The Balaban J connectivity index is 1.31. The van der Waals surface area contributed by atoms with E-state index in [1.807, 2.05) is 22.9 Å². The Morgan fingerprint density at radius 1 is 1.29 bits per heavy atom. The van der Waals surface area contributed by atoms with Crippen LogP contribution in [0.3, 0.4) is 0 Å². The lowest BCUT2D eigenvalue weighted by Gasteiger charge is -2.43. The van der Waals surface area contributed by atoms with Crippen molar-refractivity contribution < 1.29 is 4.79 Å². The number of nitrogens with zero attached hydrogens (tertiary/aromatic N) is 4. The lowest BCUT2D eigenvalue weighted by Crippen LogP contribution is -2.51. The van der Waals surface area contributed by atoms with Crippen LogP contribution in [0.15, 0.2) is 30.3 Å². The molecular formula is C17H21N5OS. The van der Waals surface area contributed by atoms with E-state index in [4.69, 9.17) is 0 Å². The maximum Gasteiger partial charge on any atom is 0.230 e. The zero-order valence-electron chi connectivity index (χ0n) is 13.5. The van der Waals surface area contributed by atoms with Crippen molar-refractivity contribution in [1.82, 2.24) is 25.5 Å². The van der Waals surface area contributed by atoms with Gasteiger partial charge in [0.2, 0.25) is 5.91 Å². The Kier molecular flexibility index (Phi) is 4.26. The summed E-state index contributed by atoms with van der Waals surface area (Å²) in [5, 5.41) is 15.1. The maximum absolute atomic E-state index is 12.4. The van der Waals surface area contributed by atoms with Gasteiger partial charge in [-0.25, -0.2) is 4.68 Å². The summed E-state index contributed by atoms with van der Waals surface area (Å²) < 4.78 is 1.91. The molecule has 1 N–H and O–H groups in total. The Labute approximate surface area is 145 Å². The summed E-state index contributed by atoms with van der Waals surface area (Å²) in [6.07, 6.45) is 5.52. The third kappa shape index (κ3) is 3.17. The van der Waals surface area contributed by atoms with Crippen LogP contribution in [0.5, 0.6) is 0 Å². The molecule has 2 fully saturated rings. The van der Waals surface area contributed by atoms with E-state index in [0.29, 0.717) is 17.5 Å². The molecule has 1 amide bonds. The first-order chi connectivity index (χ1) is 11.8. The van der Waals surface area contributed by atoms with E-state index in [9.17, 15) is 4.79 Å². The highest BCUT2D eigenvalue weighted by Gasteiger charge is 2.39. The van der Waals surface area contributed by atoms with E-state index in [0.717, 1.165) is 31.5 Å². The predicted octanol–water partition coefficient (Wildman–Crippen LogP) is 2.44. The van der Waals surface area contributed by atoms with Crippen molar-refractivity contribution in [2.45, 2.75) is 49.4 Å². The van der Waals surface area contributed by atoms with Crippen LogP contribution in [0, 0.1) is 0 Å². The van der Waals surface area contributed by atoms with Gasteiger partial charge in [0.1, 0.15) is 0 Å². The summed E-state index contributed by atoms with van der Waals surface area (Å²) in [6.45, 7) is 0. The molecule has 126 valence electrons. The molecule has 1 heterocycles. The predicted molar refractivity (Wildman–Crippen MR) is 92.4 cm³/mol. The number of carbonyl (C=O) groups excluding carboxylic acids is 1. The van der Waals surface area contributed by atoms with Crippen molar-refractivity contribution in [2.75, 3.05) is 5.75 Å². The third-order valence-electron chi connectivity index (χ3n) is 4.83. The van der Waals surface area contributed by atoms with Gasteiger partial charge < -0.3 is 5.32 Å². The number of benzene rings is 1. The van der Waals surface area contributed by atoms with Crippen LogP contribution < -0.4 is 5.32 Å². The minimum absolute atomic E-state index is 0.0917. The van der Waals surface area contributed by atoms with Crippen molar-refractivity contribution in [3.05, 3.63) is 41.7 Å². The molecule has 6 nitrogen and oxygen atoms in total. The number of rotatable bonds is 7. The highest BCUT2D eigenvalue weighted by molar-refractivity contribution is 7.99. The number of hydrogen-bond donors (Lipinski definition) is 1. The molecule has 1 aromatic carbocycles. The van der Waals surface area contributed by atoms with E-state index >= 15 is 0 Å². The van der Waals surface area contributed by atoms with Gasteiger partial charge in [0.25, 0.3) is 0 Å². The van der Waals surface area contributed by atoms with E-state index in [1.54, 1.807) is 11.8 Å². The van der Waals surface area contributed by atoms with Gasteiger partial charge in [0.15, 0.2) is 5.82 Å². The van der Waals surface area contributed by atoms with Crippen molar-refractivity contribution in [1.29, 1.82) is 0 Å². The second kappa shape index (κ2) is 6.55. The molecule has 0 bridgehead atoms. The van der Waals surface area contributed by atoms with Gasteiger partial charge in [0, 0.05) is 0 Å². The Morgan fingerprint density at radius 3 is 2.75 bits per heavy atom. The minimum Gasteiger partial charge on any atom is -0.346 e. The zero-order valence-corrected chi connectivity index (χ0v) is 14.3. The van der Waals surface area contributed by atoms with E-state index < -0.39 is 0 Å². The number of carbonyl (C=O) groups is 1. The molecule has 2 aliphatic rings. The second-order valence-corrected chi connectivity index (χ2v) is 7.60. The van der Waals surface area contributed by atoms with Crippen LogP contribution in [0.4, 0.5) is 0 Å². The third-order valence-corrected chi connectivity index (χ3v) is 5.76. The molecule has 0 spiro atoms. The second-order valence-electron chi connectivity index (χ2n) is 6.61. The molecular weight excluding hydrogens is 322 g/mol. The first-order valence-electron chi connectivity index (χ1n) is 8.48. The van der Waals surface area contributed by atoms with Crippen LogP contribution in [-0.4, -0.2) is 31.9 Å². The van der Waals surface area contributed by atoms with E-state index in [2.05, 4.69) is 33.0 Å². The zero-order chi connectivity index (χ0) is 16.4. The topological polar surface area (TPSA) is 72.7 Å². The van der Waals surface area contributed by atoms with Crippen LogP contribution in [0.1, 0.15) is 49.5 Å². The van der Waals surface area contributed by atoms with Crippen LogP contribution in [0.2, 0.25) is 0 Å². The number of tetrazole rings is 1. The first-order valence-corrected chi connectivity index (χ1v) is 9.63. The summed E-state index contributed by atoms with van der Waals surface area (Å²) >= 11 is 1.57. The fraction of sp³-hybridized carbons (Fsp3) is 0.529. The summed E-state index contributed by atoms with van der Waals surface area (Å²) in [5.41, 5.74) is 1.06. The first kappa shape index (κ1) is 15.6. The molecule has 2 aromatic rings. The number of nitrogens with one attached hydrogen (secondary N) is 1. The molecule has 0 saturated heterocycles. The molecule has 0 unspecified atom stereocenters. The summed E-state index contributed by atoms with van der Waals surface area (Å²) in [6, 6.07) is 10.8. The number of amides is 1. The molecule has 7 heteroatoms.